The van der Waals surface area contributed by atoms with Crippen LogP contribution in [0.4, 0.5) is 13.6 Å². The number of nitrogens with one attached hydrogen (secondary N) is 2. The van der Waals surface area contributed by atoms with Gasteiger partial charge >= 0.3 is 12.6 Å². The van der Waals surface area contributed by atoms with E-state index in [0.717, 1.165) is 10.1 Å². The average molecular weight is 308 g/mol. The maximum Gasteiger partial charge on any atom is 0.319 e. The average Bonchev–Trinajstić information content (AvgIpc) is 2.96. The second-order valence-electron chi connectivity index (χ2n) is 4.70. The quantitative estimate of drug-likeness (QED) is 0.862. The van der Waals surface area contributed by atoms with Gasteiger partial charge in [-0.25, -0.2) is 9.78 Å². The van der Waals surface area contributed by atoms with E-state index in [1.807, 2.05) is 30.3 Å². The first-order valence-corrected chi connectivity index (χ1v) is 7.01. The highest BCUT2D eigenvalue weighted by Crippen LogP contribution is 2.20. The van der Waals surface area contributed by atoms with Crippen molar-refractivity contribution in [2.75, 3.05) is 6.54 Å². The third kappa shape index (κ3) is 4.03. The molecule has 0 saturated carbocycles. The van der Waals surface area contributed by atoms with Crippen molar-refractivity contribution >= 4 is 6.03 Å². The van der Waals surface area contributed by atoms with Crippen LogP contribution in [0.1, 0.15) is 30.9 Å². The molecule has 0 bridgehead atoms. The highest BCUT2D eigenvalue weighted by Gasteiger charge is 2.19. The van der Waals surface area contributed by atoms with Crippen LogP contribution < -0.4 is 10.6 Å². The summed E-state index contributed by atoms with van der Waals surface area (Å²) in [7, 11) is 0. The van der Waals surface area contributed by atoms with E-state index >= 15 is 0 Å². The summed E-state index contributed by atoms with van der Waals surface area (Å²) < 4.78 is 26.6. The van der Waals surface area contributed by atoms with Crippen LogP contribution in [0.15, 0.2) is 42.7 Å². The fourth-order valence-corrected chi connectivity index (χ4v) is 2.17. The minimum Gasteiger partial charge on any atom is -0.338 e. The molecule has 118 valence electrons. The molecule has 1 aromatic carbocycles. The second-order valence-corrected chi connectivity index (χ2v) is 4.70. The minimum atomic E-state index is -2.65. The first-order chi connectivity index (χ1) is 10.6. The number of urea groups is 1. The standard InChI is InChI=1S/C15H18F2N4O/c1-2-18-15(22)20-12(11-6-4-3-5-7-11)10-13-19-8-9-21(13)14(16)17/h3-9,12,14H,2,10H2,1H3,(H2,18,20,22)/t12-/m0/s1. The summed E-state index contributed by atoms with van der Waals surface area (Å²) in [4.78, 5) is 15.7. The van der Waals surface area contributed by atoms with Gasteiger partial charge in [-0.2, -0.15) is 8.78 Å². The molecular weight excluding hydrogens is 290 g/mol. The largest absolute Gasteiger partial charge is 0.338 e. The molecule has 0 aliphatic rings. The maximum absolute atomic E-state index is 12.9. The van der Waals surface area contributed by atoms with Crippen molar-refractivity contribution in [1.82, 2.24) is 20.2 Å². The number of carbonyl (C=O) groups is 1. The van der Waals surface area contributed by atoms with Crippen molar-refractivity contribution < 1.29 is 13.6 Å². The fraction of sp³-hybridized carbons (Fsp3) is 0.333. The molecule has 0 fully saturated rings. The number of imidazole rings is 1. The Morgan fingerprint density at radius 2 is 2.05 bits per heavy atom. The summed E-state index contributed by atoms with van der Waals surface area (Å²) in [6, 6.07) is 8.42. The molecule has 2 amide bonds. The number of hydrogen-bond donors (Lipinski definition) is 2. The van der Waals surface area contributed by atoms with E-state index in [1.54, 1.807) is 6.92 Å². The van der Waals surface area contributed by atoms with Crippen LogP contribution in [-0.4, -0.2) is 22.1 Å². The normalized spacial score (nSPS) is 12.2. The molecule has 2 aromatic rings. The zero-order valence-electron chi connectivity index (χ0n) is 12.2. The number of halogens is 2. The van der Waals surface area contributed by atoms with Crippen molar-refractivity contribution in [2.24, 2.45) is 0 Å². The first-order valence-electron chi connectivity index (χ1n) is 7.01. The zero-order chi connectivity index (χ0) is 15.9. The summed E-state index contributed by atoms with van der Waals surface area (Å²) in [5, 5.41) is 5.43. The molecule has 1 aromatic heterocycles. The molecule has 1 heterocycles. The van der Waals surface area contributed by atoms with Crippen molar-refractivity contribution in [1.29, 1.82) is 0 Å². The predicted octanol–water partition coefficient (Wildman–Crippen LogP) is 2.88. The molecule has 2 N–H and O–H groups in total. The Kier molecular flexibility index (Phi) is 5.46. The molecule has 22 heavy (non-hydrogen) atoms. The van der Waals surface area contributed by atoms with E-state index in [1.165, 1.54) is 12.4 Å². The van der Waals surface area contributed by atoms with Gasteiger partial charge in [-0.15, -0.1) is 0 Å². The van der Waals surface area contributed by atoms with Crippen LogP contribution in [0.5, 0.6) is 0 Å². The first kappa shape index (κ1) is 15.9. The Balaban J connectivity index is 2.21. The van der Waals surface area contributed by atoms with Gasteiger partial charge < -0.3 is 10.6 Å². The van der Waals surface area contributed by atoms with Crippen LogP contribution in [0, 0.1) is 0 Å². The van der Waals surface area contributed by atoms with Crippen molar-refractivity contribution in [3.05, 3.63) is 54.1 Å². The van der Waals surface area contributed by atoms with Crippen LogP contribution >= 0.6 is 0 Å². The third-order valence-electron chi connectivity index (χ3n) is 3.19. The van der Waals surface area contributed by atoms with Crippen molar-refractivity contribution in [3.63, 3.8) is 0 Å². The third-order valence-corrected chi connectivity index (χ3v) is 3.19. The summed E-state index contributed by atoms with van der Waals surface area (Å²) in [5.41, 5.74) is 0.831. The molecule has 0 aliphatic heterocycles. The van der Waals surface area contributed by atoms with Crippen LogP contribution in [0.3, 0.4) is 0 Å². The van der Waals surface area contributed by atoms with Gasteiger partial charge in [0.1, 0.15) is 5.82 Å². The van der Waals surface area contributed by atoms with Crippen molar-refractivity contribution in [2.45, 2.75) is 25.9 Å². The number of carbonyl (C=O) groups excluding carboxylic acids is 1. The second kappa shape index (κ2) is 7.53. The predicted molar refractivity (Wildman–Crippen MR) is 78.6 cm³/mol. The zero-order valence-corrected chi connectivity index (χ0v) is 12.2. The maximum atomic E-state index is 12.9. The van der Waals surface area contributed by atoms with E-state index in [9.17, 15) is 13.6 Å². The van der Waals surface area contributed by atoms with E-state index < -0.39 is 12.6 Å². The lowest BCUT2D eigenvalue weighted by Crippen LogP contribution is -2.38. The Bertz CT molecular complexity index is 601. The van der Waals surface area contributed by atoms with E-state index in [0.29, 0.717) is 6.54 Å². The molecule has 1 atom stereocenters. The number of aromatic nitrogens is 2. The highest BCUT2D eigenvalue weighted by atomic mass is 19.3. The van der Waals surface area contributed by atoms with Gasteiger partial charge in [0.15, 0.2) is 0 Å². The minimum absolute atomic E-state index is 0.179. The van der Waals surface area contributed by atoms with Gasteiger partial charge in [0.05, 0.1) is 6.04 Å². The van der Waals surface area contributed by atoms with Gasteiger partial charge in [-0.3, -0.25) is 4.57 Å². The number of rotatable bonds is 6. The number of benzene rings is 1. The lowest BCUT2D eigenvalue weighted by atomic mass is 10.0. The highest BCUT2D eigenvalue weighted by molar-refractivity contribution is 5.74. The van der Waals surface area contributed by atoms with Gasteiger partial charge in [0, 0.05) is 25.4 Å². The fourth-order valence-electron chi connectivity index (χ4n) is 2.17. The lowest BCUT2D eigenvalue weighted by Gasteiger charge is -2.19. The number of hydrogen-bond acceptors (Lipinski definition) is 2. The van der Waals surface area contributed by atoms with Gasteiger partial charge in [-0.05, 0) is 12.5 Å². The molecule has 7 heteroatoms. The SMILES string of the molecule is CCNC(=O)N[C@@H](Cc1nccn1C(F)F)c1ccccc1. The van der Waals surface area contributed by atoms with Gasteiger partial charge in [-0.1, -0.05) is 30.3 Å². The molecule has 0 aliphatic carbocycles. The van der Waals surface area contributed by atoms with E-state index in [-0.39, 0.29) is 18.3 Å². The Morgan fingerprint density at radius 1 is 1.32 bits per heavy atom. The molecule has 0 radical (unpaired) electrons. The lowest BCUT2D eigenvalue weighted by molar-refractivity contribution is 0.0666. The molecule has 0 unspecified atom stereocenters. The molecule has 2 rings (SSSR count). The van der Waals surface area contributed by atoms with E-state index in [2.05, 4.69) is 15.6 Å². The Labute approximate surface area is 127 Å². The summed E-state index contributed by atoms with van der Waals surface area (Å²) in [6.07, 6.45) is 2.74. The van der Waals surface area contributed by atoms with E-state index in [4.69, 9.17) is 0 Å². The smallest absolute Gasteiger partial charge is 0.319 e. The van der Waals surface area contributed by atoms with Crippen molar-refractivity contribution in [3.8, 4) is 0 Å². The Hall–Kier alpha value is -2.44. The van der Waals surface area contributed by atoms with Gasteiger partial charge in [0.2, 0.25) is 0 Å². The van der Waals surface area contributed by atoms with Gasteiger partial charge in [0.25, 0.3) is 0 Å². The van der Waals surface area contributed by atoms with Crippen LogP contribution in [-0.2, 0) is 6.42 Å². The monoisotopic (exact) mass is 308 g/mol. The topological polar surface area (TPSA) is 59.0 Å². The van der Waals surface area contributed by atoms with Crippen LogP contribution in [0.25, 0.3) is 0 Å². The molecule has 0 spiro atoms. The number of nitrogens with zero attached hydrogens (tertiary/aromatic N) is 2. The number of alkyl halides is 2. The Morgan fingerprint density at radius 3 is 2.68 bits per heavy atom. The molecule has 5 nitrogen and oxygen atoms in total. The molecular formula is C15H18F2N4O. The summed E-state index contributed by atoms with van der Waals surface area (Å²) in [6.45, 7) is -0.363. The summed E-state index contributed by atoms with van der Waals surface area (Å²) in [5.74, 6) is 0.223. The number of amides is 2. The van der Waals surface area contributed by atoms with Crippen LogP contribution in [0.2, 0.25) is 0 Å². The molecule has 0 saturated heterocycles. The summed E-state index contributed by atoms with van der Waals surface area (Å²) >= 11 is 0.